The van der Waals surface area contributed by atoms with Gasteiger partial charge in [-0.2, -0.15) is 4.98 Å². The monoisotopic (exact) mass is 630 g/mol. The minimum absolute atomic E-state index is 0.00587. The Bertz CT molecular complexity index is 1580. The standard InChI is InChI=1S/C34H38N4O8/c1-42-20-18-35-32(40)36-30-17-19-38(33(41)37-30)31-21-28(39)29(46-31)22-45-34(23-7-5-4-6-8-23,24-9-13-26(43-2)14-10-24)25-11-15-27(44-3)16-12-25/h4-17,19,28-29,31,39H,18,20-22H2,1-3H3,(H2,35,36,37,40,41)/t28-,29+,31+/m0/s1. The van der Waals surface area contributed by atoms with E-state index in [1.54, 1.807) is 14.2 Å². The summed E-state index contributed by atoms with van der Waals surface area (Å²) < 4.78 is 30.1. The summed E-state index contributed by atoms with van der Waals surface area (Å²) in [4.78, 5) is 28.9. The van der Waals surface area contributed by atoms with E-state index in [2.05, 4.69) is 15.6 Å². The van der Waals surface area contributed by atoms with Crippen LogP contribution < -0.4 is 25.8 Å². The van der Waals surface area contributed by atoms with Gasteiger partial charge in [0.25, 0.3) is 0 Å². The van der Waals surface area contributed by atoms with E-state index >= 15 is 0 Å². The molecular formula is C34H38N4O8. The number of rotatable bonds is 13. The number of amides is 2. The number of aliphatic hydroxyl groups is 1. The van der Waals surface area contributed by atoms with Crippen LogP contribution in [0.1, 0.15) is 29.3 Å². The highest BCUT2D eigenvalue weighted by atomic mass is 16.6. The van der Waals surface area contributed by atoms with Crippen molar-refractivity contribution in [2.24, 2.45) is 0 Å². The van der Waals surface area contributed by atoms with Crippen molar-refractivity contribution in [2.45, 2.75) is 30.5 Å². The summed E-state index contributed by atoms with van der Waals surface area (Å²) in [6.45, 7) is 0.647. The zero-order valence-corrected chi connectivity index (χ0v) is 25.9. The first-order valence-corrected chi connectivity index (χ1v) is 14.8. The van der Waals surface area contributed by atoms with Crippen molar-refractivity contribution in [1.82, 2.24) is 14.9 Å². The zero-order valence-electron chi connectivity index (χ0n) is 25.9. The van der Waals surface area contributed by atoms with Crippen molar-refractivity contribution < 1.29 is 33.6 Å². The van der Waals surface area contributed by atoms with Crippen molar-refractivity contribution in [2.75, 3.05) is 46.4 Å². The molecule has 3 N–H and O–H groups in total. The molecule has 0 aliphatic carbocycles. The number of methoxy groups -OCH3 is 3. The Labute approximate surface area is 266 Å². The molecule has 12 heteroatoms. The molecule has 1 saturated heterocycles. The maximum Gasteiger partial charge on any atom is 0.351 e. The molecule has 1 aliphatic heterocycles. The number of aromatic nitrogens is 2. The van der Waals surface area contributed by atoms with Gasteiger partial charge in [0.2, 0.25) is 0 Å². The molecule has 12 nitrogen and oxygen atoms in total. The van der Waals surface area contributed by atoms with E-state index < -0.39 is 35.8 Å². The normalized spacial score (nSPS) is 17.8. The van der Waals surface area contributed by atoms with Crippen LogP contribution in [0.15, 0.2) is 95.9 Å². The molecule has 2 heterocycles. The molecule has 46 heavy (non-hydrogen) atoms. The van der Waals surface area contributed by atoms with E-state index in [0.29, 0.717) is 24.7 Å². The topological polar surface area (TPSA) is 142 Å². The fourth-order valence-corrected chi connectivity index (χ4v) is 5.45. The molecule has 1 aliphatic rings. The van der Waals surface area contributed by atoms with Gasteiger partial charge in [0.05, 0.1) is 33.5 Å². The minimum Gasteiger partial charge on any atom is -0.497 e. The van der Waals surface area contributed by atoms with Crippen molar-refractivity contribution >= 4 is 11.8 Å². The van der Waals surface area contributed by atoms with Crippen LogP contribution in [-0.2, 0) is 19.8 Å². The summed E-state index contributed by atoms with van der Waals surface area (Å²) in [5, 5.41) is 16.2. The number of hydrogen-bond donors (Lipinski definition) is 3. The third-order valence-corrected chi connectivity index (χ3v) is 7.82. The third-order valence-electron chi connectivity index (χ3n) is 7.82. The lowest BCUT2D eigenvalue weighted by molar-refractivity contribution is -0.0944. The largest absolute Gasteiger partial charge is 0.497 e. The molecule has 0 bridgehead atoms. The maximum atomic E-state index is 12.9. The predicted molar refractivity (Wildman–Crippen MR) is 170 cm³/mol. The van der Waals surface area contributed by atoms with E-state index in [9.17, 15) is 14.7 Å². The highest BCUT2D eigenvalue weighted by molar-refractivity contribution is 5.88. The quantitative estimate of drug-likeness (QED) is 0.149. The second-order valence-corrected chi connectivity index (χ2v) is 10.6. The van der Waals surface area contributed by atoms with Crippen molar-refractivity contribution in [3.05, 3.63) is 118 Å². The molecule has 3 aromatic carbocycles. The Balaban J connectivity index is 1.40. The number of urea groups is 1. The van der Waals surface area contributed by atoms with Crippen molar-refractivity contribution in [1.29, 1.82) is 0 Å². The van der Waals surface area contributed by atoms with E-state index in [0.717, 1.165) is 16.7 Å². The summed E-state index contributed by atoms with van der Waals surface area (Å²) in [7, 11) is 4.75. The van der Waals surface area contributed by atoms with Crippen LogP contribution in [0.25, 0.3) is 0 Å². The fourth-order valence-electron chi connectivity index (χ4n) is 5.45. The third kappa shape index (κ3) is 7.21. The van der Waals surface area contributed by atoms with Gasteiger partial charge in [0.1, 0.15) is 35.2 Å². The van der Waals surface area contributed by atoms with Gasteiger partial charge in [-0.25, -0.2) is 9.59 Å². The average molecular weight is 631 g/mol. The summed E-state index contributed by atoms with van der Waals surface area (Å²) in [6.07, 6.45) is -0.865. The van der Waals surface area contributed by atoms with Crippen LogP contribution in [0.2, 0.25) is 0 Å². The van der Waals surface area contributed by atoms with Crippen LogP contribution in [-0.4, -0.2) is 74.0 Å². The van der Waals surface area contributed by atoms with Gasteiger partial charge in [0, 0.05) is 26.3 Å². The van der Waals surface area contributed by atoms with Crippen LogP contribution in [0.5, 0.6) is 11.5 Å². The maximum absolute atomic E-state index is 12.9. The molecule has 1 aromatic heterocycles. The first-order chi connectivity index (χ1) is 22.4. The van der Waals surface area contributed by atoms with Gasteiger partial charge in [-0.15, -0.1) is 0 Å². The molecule has 3 atom stereocenters. The molecule has 5 rings (SSSR count). The Kier molecular flexibility index (Phi) is 10.7. The van der Waals surface area contributed by atoms with Crippen LogP contribution in [0, 0.1) is 0 Å². The number of carbonyl (C=O) groups excluding carboxylic acids is 1. The van der Waals surface area contributed by atoms with Crippen LogP contribution in [0.3, 0.4) is 0 Å². The molecule has 1 fully saturated rings. The summed E-state index contributed by atoms with van der Waals surface area (Å²) in [5.74, 6) is 1.48. The molecule has 4 aromatic rings. The van der Waals surface area contributed by atoms with Gasteiger partial charge in [-0.1, -0.05) is 54.6 Å². The minimum atomic E-state index is -1.10. The number of nitrogens with zero attached hydrogens (tertiary/aromatic N) is 2. The van der Waals surface area contributed by atoms with Gasteiger partial charge >= 0.3 is 11.7 Å². The molecule has 0 spiro atoms. The van der Waals surface area contributed by atoms with E-state index in [1.807, 2.05) is 78.9 Å². The Morgan fingerprint density at radius 1 is 0.935 bits per heavy atom. The highest BCUT2D eigenvalue weighted by Gasteiger charge is 2.42. The summed E-state index contributed by atoms with van der Waals surface area (Å²) in [5.41, 5.74) is 0.802. The summed E-state index contributed by atoms with van der Waals surface area (Å²) in [6, 6.07) is 26.1. The highest BCUT2D eigenvalue weighted by Crippen LogP contribution is 2.42. The number of hydrogen-bond acceptors (Lipinski definition) is 9. The Morgan fingerprint density at radius 2 is 1.54 bits per heavy atom. The lowest BCUT2D eigenvalue weighted by Gasteiger charge is -2.37. The Morgan fingerprint density at radius 3 is 2.11 bits per heavy atom. The van der Waals surface area contributed by atoms with E-state index in [-0.39, 0.29) is 18.8 Å². The predicted octanol–water partition coefficient (Wildman–Crippen LogP) is 3.69. The van der Waals surface area contributed by atoms with Crippen LogP contribution in [0.4, 0.5) is 10.6 Å². The number of aliphatic hydroxyl groups excluding tert-OH is 1. The number of anilines is 1. The molecule has 0 radical (unpaired) electrons. The van der Waals surface area contributed by atoms with Gasteiger partial charge in [-0.05, 0) is 47.0 Å². The zero-order chi connectivity index (χ0) is 32.5. The number of carbonyl (C=O) groups is 1. The second-order valence-electron chi connectivity index (χ2n) is 10.6. The van der Waals surface area contributed by atoms with Gasteiger partial charge in [-0.3, -0.25) is 9.88 Å². The van der Waals surface area contributed by atoms with E-state index in [1.165, 1.54) is 23.9 Å². The number of benzene rings is 3. The first-order valence-electron chi connectivity index (χ1n) is 14.8. The average Bonchev–Trinajstić information content (AvgIpc) is 3.45. The lowest BCUT2D eigenvalue weighted by Crippen LogP contribution is -2.38. The second kappa shape index (κ2) is 15.0. The fraction of sp³-hybridized carbons (Fsp3) is 0.324. The summed E-state index contributed by atoms with van der Waals surface area (Å²) >= 11 is 0. The van der Waals surface area contributed by atoms with Gasteiger partial charge < -0.3 is 34.1 Å². The van der Waals surface area contributed by atoms with Crippen molar-refractivity contribution in [3.8, 4) is 11.5 Å². The molecule has 242 valence electrons. The molecule has 2 amide bonds. The van der Waals surface area contributed by atoms with Crippen molar-refractivity contribution in [3.63, 3.8) is 0 Å². The van der Waals surface area contributed by atoms with Crippen LogP contribution >= 0.6 is 0 Å². The first kappa shape index (κ1) is 32.6. The SMILES string of the molecule is COCCNC(=O)Nc1ccn([C@H]2C[C@H](O)[C@@H](COC(c3ccccc3)(c3ccc(OC)cc3)c3ccc(OC)cc3)O2)c(=O)n1. The molecule has 0 saturated carbocycles. The van der Waals surface area contributed by atoms with Gasteiger partial charge in [0.15, 0.2) is 0 Å². The Hall–Kier alpha value is -4.75. The molecule has 0 unspecified atom stereocenters. The molecular weight excluding hydrogens is 592 g/mol. The van der Waals surface area contributed by atoms with E-state index in [4.69, 9.17) is 23.7 Å². The lowest BCUT2D eigenvalue weighted by atomic mass is 9.80. The number of nitrogens with one attached hydrogen (secondary N) is 2. The smallest absolute Gasteiger partial charge is 0.351 e. The number of ether oxygens (including phenoxy) is 5.